The van der Waals surface area contributed by atoms with E-state index in [0.717, 1.165) is 16.3 Å². The van der Waals surface area contributed by atoms with Gasteiger partial charge in [-0.1, -0.05) is 24.3 Å². The molecular formula is C16H16N2OS. The van der Waals surface area contributed by atoms with Crippen molar-refractivity contribution in [1.29, 1.82) is 0 Å². The first-order valence-corrected chi connectivity index (χ1v) is 7.56. The Morgan fingerprint density at radius 1 is 1.15 bits per heavy atom. The molecule has 4 heteroatoms. The summed E-state index contributed by atoms with van der Waals surface area (Å²) in [5.41, 5.74) is 1.01. The summed E-state index contributed by atoms with van der Waals surface area (Å²) in [6, 6.07) is 14.1. The minimum atomic E-state index is -0.191. The van der Waals surface area contributed by atoms with E-state index in [9.17, 15) is 4.79 Å². The first-order valence-electron chi connectivity index (χ1n) is 6.68. The molecule has 1 aliphatic heterocycles. The lowest BCUT2D eigenvalue weighted by molar-refractivity contribution is -0.117. The summed E-state index contributed by atoms with van der Waals surface area (Å²) in [7, 11) is 0. The van der Waals surface area contributed by atoms with Gasteiger partial charge in [-0.25, -0.2) is 4.98 Å². The molecule has 1 unspecified atom stereocenters. The van der Waals surface area contributed by atoms with Crippen LogP contribution in [0.2, 0.25) is 0 Å². The summed E-state index contributed by atoms with van der Waals surface area (Å²) >= 11 is 1.59. The van der Waals surface area contributed by atoms with E-state index in [1.54, 1.807) is 22.9 Å². The average Bonchev–Trinajstić information content (AvgIpc) is 2.73. The van der Waals surface area contributed by atoms with Crippen LogP contribution in [-0.2, 0) is 4.79 Å². The molecule has 2 heterocycles. The van der Waals surface area contributed by atoms with Crippen molar-refractivity contribution in [3.63, 3.8) is 0 Å². The second kappa shape index (κ2) is 5.29. The Balaban J connectivity index is 1.98. The minimum absolute atomic E-state index is 0.123. The second-order valence-electron chi connectivity index (χ2n) is 5.03. The number of amides is 1. The molecule has 102 valence electrons. The zero-order valence-corrected chi connectivity index (χ0v) is 12.3. The molecule has 2 aromatic rings. The van der Waals surface area contributed by atoms with E-state index in [0.29, 0.717) is 0 Å². The fourth-order valence-corrected chi connectivity index (χ4v) is 3.54. The SMILES string of the molecule is CC(C)N1C(=O)C(Sc2ccccc2)c2cccnc21. The van der Waals surface area contributed by atoms with Crippen LogP contribution in [0.1, 0.15) is 24.7 Å². The van der Waals surface area contributed by atoms with Gasteiger partial charge in [0.2, 0.25) is 5.91 Å². The molecule has 0 saturated heterocycles. The molecule has 20 heavy (non-hydrogen) atoms. The van der Waals surface area contributed by atoms with E-state index in [1.165, 1.54) is 0 Å². The summed E-state index contributed by atoms with van der Waals surface area (Å²) in [5, 5.41) is -0.191. The van der Waals surface area contributed by atoms with Gasteiger partial charge >= 0.3 is 0 Å². The van der Waals surface area contributed by atoms with Crippen molar-refractivity contribution >= 4 is 23.5 Å². The van der Waals surface area contributed by atoms with Crippen LogP contribution in [0.4, 0.5) is 5.82 Å². The van der Waals surface area contributed by atoms with E-state index in [4.69, 9.17) is 0 Å². The van der Waals surface area contributed by atoms with E-state index in [1.807, 2.05) is 56.3 Å². The maximum absolute atomic E-state index is 12.7. The molecular weight excluding hydrogens is 268 g/mol. The zero-order valence-electron chi connectivity index (χ0n) is 11.5. The molecule has 0 bridgehead atoms. The normalized spacial score (nSPS) is 17.6. The highest BCUT2D eigenvalue weighted by Crippen LogP contribution is 2.45. The summed E-state index contributed by atoms with van der Waals surface area (Å²) < 4.78 is 0. The van der Waals surface area contributed by atoms with Crippen molar-refractivity contribution < 1.29 is 4.79 Å². The van der Waals surface area contributed by atoms with E-state index in [2.05, 4.69) is 4.98 Å². The predicted octanol–water partition coefficient (Wildman–Crippen LogP) is 3.67. The largest absolute Gasteiger partial charge is 0.293 e. The van der Waals surface area contributed by atoms with E-state index in [-0.39, 0.29) is 17.2 Å². The molecule has 0 fully saturated rings. The van der Waals surface area contributed by atoms with E-state index >= 15 is 0 Å². The number of thioether (sulfide) groups is 1. The Bertz CT molecular complexity index is 627. The first-order chi connectivity index (χ1) is 9.68. The number of carbonyl (C=O) groups is 1. The summed E-state index contributed by atoms with van der Waals surface area (Å²) in [4.78, 5) is 20.0. The first kappa shape index (κ1) is 13.2. The van der Waals surface area contributed by atoms with Crippen molar-refractivity contribution in [2.45, 2.75) is 30.0 Å². The molecule has 1 aromatic heterocycles. The van der Waals surface area contributed by atoms with Crippen LogP contribution in [0.15, 0.2) is 53.6 Å². The van der Waals surface area contributed by atoms with Gasteiger partial charge < -0.3 is 0 Å². The molecule has 0 aliphatic carbocycles. The van der Waals surface area contributed by atoms with Gasteiger partial charge in [0.1, 0.15) is 11.1 Å². The molecule has 1 aromatic carbocycles. The molecule has 0 N–H and O–H groups in total. The fraction of sp³-hybridized carbons (Fsp3) is 0.250. The van der Waals surface area contributed by atoms with Gasteiger partial charge in [-0.2, -0.15) is 0 Å². The third-order valence-electron chi connectivity index (χ3n) is 3.30. The third-order valence-corrected chi connectivity index (χ3v) is 4.54. The van der Waals surface area contributed by atoms with Crippen molar-refractivity contribution in [1.82, 2.24) is 4.98 Å². The van der Waals surface area contributed by atoms with Gasteiger partial charge in [-0.05, 0) is 32.0 Å². The Morgan fingerprint density at radius 2 is 1.90 bits per heavy atom. The summed E-state index contributed by atoms with van der Waals surface area (Å²) in [6.45, 7) is 4.04. The summed E-state index contributed by atoms with van der Waals surface area (Å²) in [5.74, 6) is 0.934. The lowest BCUT2D eigenvalue weighted by Gasteiger charge is -2.21. The van der Waals surface area contributed by atoms with Gasteiger partial charge in [-0.3, -0.25) is 9.69 Å². The number of carbonyl (C=O) groups excluding carboxylic acids is 1. The molecule has 0 saturated carbocycles. The number of anilines is 1. The number of hydrogen-bond acceptors (Lipinski definition) is 3. The third kappa shape index (κ3) is 2.20. The van der Waals surface area contributed by atoms with Crippen LogP contribution in [0.3, 0.4) is 0 Å². The highest BCUT2D eigenvalue weighted by molar-refractivity contribution is 8.00. The number of benzene rings is 1. The lowest BCUT2D eigenvalue weighted by atomic mass is 10.2. The monoisotopic (exact) mass is 284 g/mol. The van der Waals surface area contributed by atoms with Gasteiger partial charge in [0.15, 0.2) is 0 Å². The van der Waals surface area contributed by atoms with Crippen molar-refractivity contribution in [3.05, 3.63) is 54.2 Å². The average molecular weight is 284 g/mol. The topological polar surface area (TPSA) is 33.2 Å². The minimum Gasteiger partial charge on any atom is -0.293 e. The van der Waals surface area contributed by atoms with Crippen LogP contribution in [0.5, 0.6) is 0 Å². The van der Waals surface area contributed by atoms with Crippen LogP contribution in [0, 0.1) is 0 Å². The molecule has 1 aliphatic rings. The van der Waals surface area contributed by atoms with Gasteiger partial charge in [0.05, 0.1) is 0 Å². The van der Waals surface area contributed by atoms with Crippen LogP contribution in [-0.4, -0.2) is 16.9 Å². The maximum Gasteiger partial charge on any atom is 0.246 e. The molecule has 1 amide bonds. The van der Waals surface area contributed by atoms with Crippen molar-refractivity contribution in [2.24, 2.45) is 0 Å². The highest BCUT2D eigenvalue weighted by Gasteiger charge is 2.40. The Morgan fingerprint density at radius 3 is 2.60 bits per heavy atom. The molecule has 0 spiro atoms. The fourth-order valence-electron chi connectivity index (χ4n) is 2.43. The molecule has 3 nitrogen and oxygen atoms in total. The van der Waals surface area contributed by atoms with E-state index < -0.39 is 0 Å². The number of pyridine rings is 1. The zero-order chi connectivity index (χ0) is 14.1. The Kier molecular flexibility index (Phi) is 3.49. The molecule has 1 atom stereocenters. The number of aromatic nitrogens is 1. The molecule has 3 rings (SSSR count). The Labute approximate surface area is 123 Å². The smallest absolute Gasteiger partial charge is 0.246 e. The maximum atomic E-state index is 12.7. The number of fused-ring (bicyclic) bond motifs is 1. The lowest BCUT2D eigenvalue weighted by Crippen LogP contribution is -2.34. The van der Waals surface area contributed by atoms with Crippen LogP contribution >= 0.6 is 11.8 Å². The van der Waals surface area contributed by atoms with Gasteiger partial charge in [-0.15, -0.1) is 11.8 Å². The van der Waals surface area contributed by atoms with Gasteiger partial charge in [0, 0.05) is 22.7 Å². The predicted molar refractivity (Wildman–Crippen MR) is 81.9 cm³/mol. The van der Waals surface area contributed by atoms with Crippen LogP contribution < -0.4 is 4.90 Å². The molecule has 0 radical (unpaired) electrons. The summed E-state index contributed by atoms with van der Waals surface area (Å²) in [6.07, 6.45) is 1.75. The number of rotatable bonds is 3. The van der Waals surface area contributed by atoms with Gasteiger partial charge in [0.25, 0.3) is 0 Å². The van der Waals surface area contributed by atoms with Crippen molar-refractivity contribution in [3.8, 4) is 0 Å². The number of hydrogen-bond donors (Lipinski definition) is 0. The Hall–Kier alpha value is -1.81. The highest BCUT2D eigenvalue weighted by atomic mass is 32.2. The standard InChI is InChI=1S/C16H16N2OS/c1-11(2)18-15-13(9-6-10-17-15)14(16(18)19)20-12-7-4-3-5-8-12/h3-11,14H,1-2H3. The van der Waals surface area contributed by atoms with Crippen LogP contribution in [0.25, 0.3) is 0 Å². The number of nitrogens with zero attached hydrogens (tertiary/aromatic N) is 2. The quantitative estimate of drug-likeness (QED) is 0.862. The van der Waals surface area contributed by atoms with Crippen molar-refractivity contribution in [2.75, 3.05) is 4.90 Å². The second-order valence-corrected chi connectivity index (χ2v) is 6.21.